The van der Waals surface area contributed by atoms with E-state index in [1.165, 1.54) is 4.67 Å². The van der Waals surface area contributed by atoms with Crippen LogP contribution >= 0.6 is 7.29 Å². The molecule has 0 fully saturated rings. The Balaban J connectivity index is 2.59. The molecule has 0 saturated carbocycles. The van der Waals surface area contributed by atoms with Crippen molar-refractivity contribution in [2.24, 2.45) is 0 Å². The van der Waals surface area contributed by atoms with Crippen LogP contribution in [0.15, 0.2) is 23.1 Å². The summed E-state index contributed by atoms with van der Waals surface area (Å²) < 4.78 is 26.4. The molecule has 2 atom stereocenters. The lowest BCUT2D eigenvalue weighted by molar-refractivity contribution is 0.229. The van der Waals surface area contributed by atoms with Gasteiger partial charge < -0.3 is 5.32 Å². The number of urea groups is 1. The van der Waals surface area contributed by atoms with Crippen LogP contribution in [0, 0.1) is 0 Å². The second kappa shape index (κ2) is 5.34. The second-order valence-electron chi connectivity index (χ2n) is 5.06. The summed E-state index contributed by atoms with van der Waals surface area (Å²) in [6.07, 6.45) is 0. The molecule has 2 rings (SSSR count). The largest absolute Gasteiger partial charge is 0.327 e. The van der Waals surface area contributed by atoms with Crippen molar-refractivity contribution in [3.63, 3.8) is 0 Å². The number of fused-ring (bicyclic) bond motifs is 1. The number of carbonyl (C=O) groups excluding carboxylic acids is 1. The standard InChI is InChI=1S/C13H19N2O3PS/c1-5-20(18)10-6-7-11-12(8-10)19(4,17)15(9(2)3)13(16)14-11/h6-9H,5H2,1-4H3,(H,14,16). The predicted octanol–water partition coefficient (Wildman–Crippen LogP) is 2.60. The van der Waals surface area contributed by atoms with Gasteiger partial charge in [-0.3, -0.25) is 13.4 Å². The van der Waals surface area contributed by atoms with Gasteiger partial charge in [-0.1, -0.05) is 6.92 Å². The summed E-state index contributed by atoms with van der Waals surface area (Å²) in [6, 6.07) is 4.58. The third-order valence-electron chi connectivity index (χ3n) is 3.29. The fraction of sp³-hybridized carbons (Fsp3) is 0.462. The lowest BCUT2D eigenvalue weighted by atomic mass is 10.3. The molecule has 1 aliphatic rings. The molecule has 5 nitrogen and oxygen atoms in total. The fourth-order valence-corrected chi connectivity index (χ4v) is 5.76. The molecule has 1 heterocycles. The smallest absolute Gasteiger partial charge is 0.307 e. The zero-order valence-corrected chi connectivity index (χ0v) is 13.8. The summed E-state index contributed by atoms with van der Waals surface area (Å²) in [5.74, 6) is 0.507. The highest BCUT2D eigenvalue weighted by atomic mass is 32.2. The van der Waals surface area contributed by atoms with Crippen molar-refractivity contribution in [2.45, 2.75) is 31.7 Å². The van der Waals surface area contributed by atoms with Crippen LogP contribution in [-0.4, -0.2) is 33.4 Å². The van der Waals surface area contributed by atoms with Gasteiger partial charge in [-0.15, -0.1) is 0 Å². The maximum Gasteiger partial charge on any atom is 0.327 e. The average molecular weight is 314 g/mol. The summed E-state index contributed by atoms with van der Waals surface area (Å²) in [7, 11) is -4.09. The molecule has 0 aromatic heterocycles. The third-order valence-corrected chi connectivity index (χ3v) is 7.33. The molecule has 0 bridgehead atoms. The van der Waals surface area contributed by atoms with E-state index < -0.39 is 18.1 Å². The number of rotatable bonds is 3. The summed E-state index contributed by atoms with van der Waals surface area (Å²) >= 11 is 0. The van der Waals surface area contributed by atoms with Gasteiger partial charge in [0.1, 0.15) is 0 Å². The van der Waals surface area contributed by atoms with E-state index in [9.17, 15) is 13.6 Å². The van der Waals surface area contributed by atoms with Gasteiger partial charge in [-0.05, 0) is 32.0 Å². The van der Waals surface area contributed by atoms with Crippen LogP contribution in [0.5, 0.6) is 0 Å². The highest BCUT2D eigenvalue weighted by Gasteiger charge is 2.40. The molecule has 2 amide bonds. The van der Waals surface area contributed by atoms with E-state index in [1.807, 2.05) is 20.8 Å². The van der Waals surface area contributed by atoms with Crippen molar-refractivity contribution in [2.75, 3.05) is 17.7 Å². The third kappa shape index (κ3) is 2.42. The van der Waals surface area contributed by atoms with Crippen molar-refractivity contribution >= 4 is 35.1 Å². The van der Waals surface area contributed by atoms with E-state index >= 15 is 0 Å². The zero-order valence-electron chi connectivity index (χ0n) is 12.0. The molecule has 1 aromatic rings. The average Bonchev–Trinajstić information content (AvgIpc) is 2.36. The quantitative estimate of drug-likeness (QED) is 0.872. The summed E-state index contributed by atoms with van der Waals surface area (Å²) in [5.41, 5.74) is 0.551. The van der Waals surface area contributed by atoms with E-state index in [0.717, 1.165) is 0 Å². The van der Waals surface area contributed by atoms with Crippen molar-refractivity contribution in [1.82, 2.24) is 4.67 Å². The Bertz CT molecular complexity index is 630. The minimum absolute atomic E-state index is 0.167. The Morgan fingerprint density at radius 1 is 1.40 bits per heavy atom. The molecule has 0 spiro atoms. The van der Waals surface area contributed by atoms with E-state index in [4.69, 9.17) is 0 Å². The van der Waals surface area contributed by atoms with Crippen LogP contribution in [0.3, 0.4) is 0 Å². The highest BCUT2D eigenvalue weighted by molar-refractivity contribution is 7.85. The summed E-state index contributed by atoms with van der Waals surface area (Å²) in [4.78, 5) is 12.7. The Morgan fingerprint density at radius 2 is 2.05 bits per heavy atom. The minimum atomic E-state index is -2.99. The topological polar surface area (TPSA) is 66.5 Å². The molecule has 110 valence electrons. The molecule has 0 aliphatic carbocycles. The molecule has 1 N–H and O–H groups in total. The fourth-order valence-electron chi connectivity index (χ4n) is 2.41. The normalized spacial score (nSPS) is 23.4. The second-order valence-corrected chi connectivity index (χ2v) is 9.47. The number of hydrogen-bond acceptors (Lipinski definition) is 3. The van der Waals surface area contributed by atoms with Crippen LogP contribution in [0.1, 0.15) is 20.8 Å². The SMILES string of the molecule is CCS(=O)c1ccc2c(c1)P(C)(=O)N(C(C)C)C(=O)N2. The van der Waals surface area contributed by atoms with Gasteiger partial charge in [0, 0.05) is 23.4 Å². The summed E-state index contributed by atoms with van der Waals surface area (Å²) in [5, 5.41) is 3.32. The predicted molar refractivity (Wildman–Crippen MR) is 82.5 cm³/mol. The van der Waals surface area contributed by atoms with Crippen LogP contribution in [0.4, 0.5) is 10.5 Å². The summed E-state index contributed by atoms with van der Waals surface area (Å²) in [6.45, 7) is 7.08. The number of nitrogens with one attached hydrogen (secondary N) is 1. The van der Waals surface area contributed by atoms with Gasteiger partial charge in [0.2, 0.25) is 7.29 Å². The zero-order chi connectivity index (χ0) is 15.1. The molecule has 20 heavy (non-hydrogen) atoms. The molecule has 2 unspecified atom stereocenters. The Kier molecular flexibility index (Phi) is 4.07. The maximum absolute atomic E-state index is 13.1. The number of nitrogens with zero attached hydrogens (tertiary/aromatic N) is 1. The molecule has 1 aromatic carbocycles. The lowest BCUT2D eigenvalue weighted by Crippen LogP contribution is -2.44. The monoisotopic (exact) mass is 314 g/mol. The van der Waals surface area contributed by atoms with Crippen LogP contribution in [-0.2, 0) is 15.4 Å². The van der Waals surface area contributed by atoms with E-state index in [0.29, 0.717) is 21.6 Å². The van der Waals surface area contributed by atoms with Gasteiger partial charge in [0.15, 0.2) is 0 Å². The number of anilines is 1. The van der Waals surface area contributed by atoms with Crippen molar-refractivity contribution < 1.29 is 13.6 Å². The van der Waals surface area contributed by atoms with Crippen LogP contribution < -0.4 is 10.6 Å². The van der Waals surface area contributed by atoms with Gasteiger partial charge in [0.25, 0.3) is 0 Å². The molecule has 0 saturated heterocycles. The van der Waals surface area contributed by atoms with Crippen LogP contribution in [0.2, 0.25) is 0 Å². The van der Waals surface area contributed by atoms with Crippen molar-refractivity contribution in [1.29, 1.82) is 0 Å². The Hall–Kier alpha value is -1.13. The number of amides is 2. The molecule has 7 heteroatoms. The van der Waals surface area contributed by atoms with Gasteiger partial charge in [0.05, 0.1) is 21.8 Å². The minimum Gasteiger partial charge on any atom is -0.307 e. The molecular weight excluding hydrogens is 295 g/mol. The Morgan fingerprint density at radius 3 is 2.60 bits per heavy atom. The van der Waals surface area contributed by atoms with E-state index in [1.54, 1.807) is 24.9 Å². The van der Waals surface area contributed by atoms with Gasteiger partial charge >= 0.3 is 6.03 Å². The van der Waals surface area contributed by atoms with Gasteiger partial charge in [-0.2, -0.15) is 0 Å². The first-order valence-corrected chi connectivity index (χ1v) is 9.92. The number of hydrogen-bond donors (Lipinski definition) is 1. The molecule has 0 radical (unpaired) electrons. The highest BCUT2D eigenvalue weighted by Crippen LogP contribution is 2.50. The number of benzene rings is 1. The Labute approximate surface area is 121 Å². The van der Waals surface area contributed by atoms with Crippen molar-refractivity contribution in [3.05, 3.63) is 18.2 Å². The first-order valence-electron chi connectivity index (χ1n) is 6.50. The number of carbonyl (C=O) groups is 1. The first kappa shape index (κ1) is 15.3. The van der Waals surface area contributed by atoms with Crippen LogP contribution in [0.25, 0.3) is 0 Å². The first-order chi connectivity index (χ1) is 9.28. The van der Waals surface area contributed by atoms with Gasteiger partial charge in [-0.25, -0.2) is 4.79 Å². The van der Waals surface area contributed by atoms with E-state index in [-0.39, 0.29) is 12.1 Å². The lowest BCUT2D eigenvalue weighted by Gasteiger charge is -2.37. The van der Waals surface area contributed by atoms with Crippen molar-refractivity contribution in [3.8, 4) is 0 Å². The maximum atomic E-state index is 13.1. The van der Waals surface area contributed by atoms with E-state index in [2.05, 4.69) is 5.32 Å². The molecular formula is C13H19N2O3PS. The molecule has 1 aliphatic heterocycles.